The van der Waals surface area contributed by atoms with Gasteiger partial charge in [0.2, 0.25) is 5.91 Å². The van der Waals surface area contributed by atoms with Crippen molar-refractivity contribution in [3.8, 4) is 0 Å². The van der Waals surface area contributed by atoms with Crippen LogP contribution in [-0.2, 0) is 15.8 Å². The standard InChI is InChI=1S/C33H25Cl3F3N3O3S/c1-2-28(32(45)41-26-15-14-21(34)17-24(26)33(37,38)39)46-23-12-7-11-22(18-23)40-31(44)27(16-20-10-6-13-25(35)29(20)36)42-30(43)19-8-4-3-5-9-19/h3-18,28H,2H2,1H3,(H,40,44)(H,41,45)(H,42,43)/b27-16+. The van der Waals surface area contributed by atoms with Gasteiger partial charge in [-0.15, -0.1) is 11.8 Å². The average Bonchev–Trinajstić information content (AvgIpc) is 3.02. The molecule has 3 N–H and O–H groups in total. The fourth-order valence-corrected chi connectivity index (χ4v) is 5.68. The molecule has 1 atom stereocenters. The van der Waals surface area contributed by atoms with Gasteiger partial charge in [0.1, 0.15) is 5.70 Å². The first kappa shape index (κ1) is 34.9. The lowest BCUT2D eigenvalue weighted by atomic mass is 10.1. The van der Waals surface area contributed by atoms with Crippen molar-refractivity contribution in [2.45, 2.75) is 29.7 Å². The number of halogens is 6. The Balaban J connectivity index is 1.54. The molecule has 0 aliphatic rings. The number of alkyl halides is 3. The lowest BCUT2D eigenvalue weighted by Gasteiger charge is -2.18. The highest BCUT2D eigenvalue weighted by atomic mass is 35.5. The monoisotopic (exact) mass is 705 g/mol. The van der Waals surface area contributed by atoms with Gasteiger partial charge in [0, 0.05) is 21.2 Å². The first-order valence-corrected chi connectivity index (χ1v) is 15.6. The number of carbonyl (C=O) groups is 3. The van der Waals surface area contributed by atoms with E-state index in [0.29, 0.717) is 28.1 Å². The quantitative estimate of drug-likeness (QED) is 0.113. The van der Waals surface area contributed by atoms with Crippen LogP contribution in [-0.4, -0.2) is 23.0 Å². The van der Waals surface area contributed by atoms with Gasteiger partial charge in [-0.1, -0.05) is 78.1 Å². The third kappa shape index (κ3) is 9.29. The predicted octanol–water partition coefficient (Wildman–Crippen LogP) is 9.58. The van der Waals surface area contributed by atoms with Crippen LogP contribution in [0.5, 0.6) is 0 Å². The molecule has 0 aliphatic carbocycles. The van der Waals surface area contributed by atoms with Crippen molar-refractivity contribution in [3.05, 3.63) is 128 Å². The van der Waals surface area contributed by atoms with E-state index in [9.17, 15) is 27.6 Å². The summed E-state index contributed by atoms with van der Waals surface area (Å²) in [6.07, 6.45) is -3.03. The van der Waals surface area contributed by atoms with Crippen molar-refractivity contribution in [1.82, 2.24) is 5.32 Å². The molecule has 0 aromatic heterocycles. The van der Waals surface area contributed by atoms with Crippen LogP contribution in [0.15, 0.2) is 102 Å². The molecule has 0 spiro atoms. The van der Waals surface area contributed by atoms with Crippen LogP contribution in [0.4, 0.5) is 24.5 Å². The highest BCUT2D eigenvalue weighted by molar-refractivity contribution is 8.00. The van der Waals surface area contributed by atoms with E-state index >= 15 is 0 Å². The number of carbonyl (C=O) groups excluding carboxylic acids is 3. The maximum absolute atomic E-state index is 13.5. The molecule has 238 valence electrons. The normalized spacial score (nSPS) is 12.3. The highest BCUT2D eigenvalue weighted by Crippen LogP contribution is 2.37. The molecule has 0 saturated carbocycles. The van der Waals surface area contributed by atoms with Crippen molar-refractivity contribution in [2.75, 3.05) is 10.6 Å². The Kier molecular flexibility index (Phi) is 11.8. The number of hydrogen-bond donors (Lipinski definition) is 3. The minimum Gasteiger partial charge on any atom is -0.325 e. The molecule has 0 bridgehead atoms. The zero-order valence-corrected chi connectivity index (χ0v) is 27.0. The van der Waals surface area contributed by atoms with Gasteiger partial charge in [0.15, 0.2) is 0 Å². The van der Waals surface area contributed by atoms with Crippen LogP contribution in [0, 0.1) is 0 Å². The van der Waals surface area contributed by atoms with E-state index < -0.39 is 40.4 Å². The number of rotatable bonds is 10. The number of anilines is 2. The van der Waals surface area contributed by atoms with Gasteiger partial charge in [0.25, 0.3) is 11.8 Å². The number of hydrogen-bond acceptors (Lipinski definition) is 4. The minimum absolute atomic E-state index is 0.112. The summed E-state index contributed by atoms with van der Waals surface area (Å²) in [5.41, 5.74) is -0.534. The first-order valence-electron chi connectivity index (χ1n) is 13.6. The Labute approximate surface area is 282 Å². The van der Waals surface area contributed by atoms with Gasteiger partial charge in [-0.05, 0) is 72.7 Å². The van der Waals surface area contributed by atoms with Crippen molar-refractivity contribution in [1.29, 1.82) is 0 Å². The van der Waals surface area contributed by atoms with Crippen LogP contribution < -0.4 is 16.0 Å². The Morgan fingerprint density at radius 2 is 1.59 bits per heavy atom. The maximum atomic E-state index is 13.5. The zero-order valence-electron chi connectivity index (χ0n) is 23.9. The summed E-state index contributed by atoms with van der Waals surface area (Å²) in [4.78, 5) is 40.0. The van der Waals surface area contributed by atoms with E-state index in [1.165, 1.54) is 12.1 Å². The third-order valence-electron chi connectivity index (χ3n) is 6.39. The van der Waals surface area contributed by atoms with Gasteiger partial charge in [-0.3, -0.25) is 14.4 Å². The summed E-state index contributed by atoms with van der Waals surface area (Å²) in [5.74, 6) is -1.84. The summed E-state index contributed by atoms with van der Waals surface area (Å²) in [7, 11) is 0. The Hall–Kier alpha value is -3.96. The zero-order chi connectivity index (χ0) is 33.4. The van der Waals surface area contributed by atoms with Crippen LogP contribution >= 0.6 is 46.6 Å². The Bertz CT molecular complexity index is 1790. The molecule has 6 nitrogen and oxygen atoms in total. The number of thioether (sulfide) groups is 1. The van der Waals surface area contributed by atoms with Crippen LogP contribution in [0.1, 0.15) is 34.8 Å². The molecule has 13 heteroatoms. The van der Waals surface area contributed by atoms with Crippen LogP contribution in [0.25, 0.3) is 6.08 Å². The van der Waals surface area contributed by atoms with Gasteiger partial charge in [-0.25, -0.2) is 0 Å². The van der Waals surface area contributed by atoms with Gasteiger partial charge >= 0.3 is 6.18 Å². The molecule has 0 radical (unpaired) electrons. The van der Waals surface area contributed by atoms with Crippen molar-refractivity contribution < 1.29 is 27.6 Å². The second-order valence-electron chi connectivity index (χ2n) is 9.69. The second kappa shape index (κ2) is 15.6. The number of nitrogens with one attached hydrogen (secondary N) is 3. The fraction of sp³-hybridized carbons (Fsp3) is 0.121. The summed E-state index contributed by atoms with van der Waals surface area (Å²) < 4.78 is 40.6. The van der Waals surface area contributed by atoms with E-state index in [4.69, 9.17) is 34.8 Å². The lowest BCUT2D eigenvalue weighted by Crippen LogP contribution is -2.30. The van der Waals surface area contributed by atoms with E-state index in [1.54, 1.807) is 79.7 Å². The summed E-state index contributed by atoms with van der Waals surface area (Å²) in [6.45, 7) is 1.73. The average molecular weight is 707 g/mol. The van der Waals surface area contributed by atoms with E-state index in [2.05, 4.69) is 16.0 Å². The van der Waals surface area contributed by atoms with Gasteiger partial charge < -0.3 is 16.0 Å². The second-order valence-corrected chi connectivity index (χ2v) is 12.2. The van der Waals surface area contributed by atoms with E-state index in [-0.39, 0.29) is 20.8 Å². The molecular weight excluding hydrogens is 682 g/mol. The fourth-order valence-electron chi connectivity index (χ4n) is 4.14. The lowest BCUT2D eigenvalue weighted by molar-refractivity contribution is -0.137. The maximum Gasteiger partial charge on any atom is 0.418 e. The summed E-state index contributed by atoms with van der Waals surface area (Å²) in [6, 6.07) is 22.8. The molecule has 0 aliphatic heterocycles. The van der Waals surface area contributed by atoms with Crippen LogP contribution in [0.3, 0.4) is 0 Å². The first-order chi connectivity index (χ1) is 21.8. The molecule has 4 aromatic rings. The SMILES string of the molecule is CCC(Sc1cccc(NC(=O)/C(=C\c2cccc(Cl)c2Cl)NC(=O)c2ccccc2)c1)C(=O)Nc1ccc(Cl)cc1C(F)(F)F. The molecule has 0 saturated heterocycles. The minimum atomic E-state index is -4.72. The Morgan fingerprint density at radius 3 is 2.28 bits per heavy atom. The van der Waals surface area contributed by atoms with Gasteiger partial charge in [-0.2, -0.15) is 13.2 Å². The van der Waals surface area contributed by atoms with E-state index in [0.717, 1.165) is 23.9 Å². The smallest absolute Gasteiger partial charge is 0.325 e. The highest BCUT2D eigenvalue weighted by Gasteiger charge is 2.34. The van der Waals surface area contributed by atoms with Crippen molar-refractivity contribution >= 4 is 81.7 Å². The largest absolute Gasteiger partial charge is 0.418 e. The van der Waals surface area contributed by atoms with Crippen molar-refractivity contribution in [2.24, 2.45) is 0 Å². The molecule has 46 heavy (non-hydrogen) atoms. The van der Waals surface area contributed by atoms with Crippen LogP contribution in [0.2, 0.25) is 15.1 Å². The number of benzene rings is 4. The topological polar surface area (TPSA) is 87.3 Å². The summed E-state index contributed by atoms with van der Waals surface area (Å²) in [5, 5.41) is 7.28. The molecule has 1 unspecified atom stereocenters. The number of amides is 3. The summed E-state index contributed by atoms with van der Waals surface area (Å²) >= 11 is 19.3. The molecule has 4 aromatic carbocycles. The predicted molar refractivity (Wildman–Crippen MR) is 178 cm³/mol. The van der Waals surface area contributed by atoms with E-state index in [1.807, 2.05) is 0 Å². The third-order valence-corrected chi connectivity index (χ3v) is 8.82. The molecular formula is C33H25Cl3F3N3O3S. The van der Waals surface area contributed by atoms with Gasteiger partial charge in [0.05, 0.1) is 26.5 Å². The van der Waals surface area contributed by atoms with Crippen molar-refractivity contribution in [3.63, 3.8) is 0 Å². The molecule has 4 rings (SSSR count). The molecule has 0 heterocycles. The molecule has 0 fully saturated rings. The molecule has 3 amide bonds. The Morgan fingerprint density at radius 1 is 0.870 bits per heavy atom.